The third-order valence-corrected chi connectivity index (χ3v) is 5.69. The minimum Gasteiger partial charge on any atom is -0.490 e. The summed E-state index contributed by atoms with van der Waals surface area (Å²) in [6, 6.07) is 13.1. The molecule has 9 heteroatoms. The number of nitrogens with zero attached hydrogens (tertiary/aromatic N) is 1. The van der Waals surface area contributed by atoms with Crippen LogP contribution >= 0.6 is 0 Å². The highest BCUT2D eigenvalue weighted by Gasteiger charge is 2.23. The number of sulfonamides is 1. The highest BCUT2D eigenvalue weighted by Crippen LogP contribution is 2.17. The number of hydrogen-bond donors (Lipinski definition) is 1. The first-order valence-corrected chi connectivity index (χ1v) is 10.3. The van der Waals surface area contributed by atoms with Crippen molar-refractivity contribution in [3.8, 4) is 5.75 Å². The van der Waals surface area contributed by atoms with Crippen molar-refractivity contribution in [3.63, 3.8) is 0 Å². The van der Waals surface area contributed by atoms with Crippen LogP contribution < -0.4 is 10.1 Å². The Morgan fingerprint density at radius 1 is 1.00 bits per heavy atom. The molecule has 29 heavy (non-hydrogen) atoms. The summed E-state index contributed by atoms with van der Waals surface area (Å²) in [6.07, 6.45) is 0. The SMILES string of the molecule is CC(=O)Nc1ccc(S(=O)(=O)N(C)CC(=O)OCCOc2ccc(C)cc2)cc1. The number of amides is 1. The quantitative estimate of drug-likeness (QED) is 0.493. The monoisotopic (exact) mass is 420 g/mol. The van der Waals surface area contributed by atoms with Gasteiger partial charge in [-0.05, 0) is 43.3 Å². The molecule has 0 aromatic heterocycles. The van der Waals surface area contributed by atoms with Crippen LogP contribution in [-0.4, -0.2) is 51.4 Å². The van der Waals surface area contributed by atoms with Gasteiger partial charge in [0.05, 0.1) is 4.90 Å². The van der Waals surface area contributed by atoms with Crippen LogP contribution in [0.25, 0.3) is 0 Å². The average Bonchev–Trinajstić information content (AvgIpc) is 2.66. The van der Waals surface area contributed by atoms with Crippen LogP contribution in [0.3, 0.4) is 0 Å². The van der Waals surface area contributed by atoms with E-state index in [2.05, 4.69) is 5.32 Å². The first-order chi connectivity index (χ1) is 13.7. The highest BCUT2D eigenvalue weighted by molar-refractivity contribution is 7.89. The van der Waals surface area contributed by atoms with Gasteiger partial charge in [0.15, 0.2) is 0 Å². The molecular weight excluding hydrogens is 396 g/mol. The number of carbonyl (C=O) groups is 2. The lowest BCUT2D eigenvalue weighted by Gasteiger charge is -2.17. The topological polar surface area (TPSA) is 102 Å². The third-order valence-electron chi connectivity index (χ3n) is 3.87. The van der Waals surface area contributed by atoms with Gasteiger partial charge in [-0.2, -0.15) is 4.31 Å². The molecule has 1 amide bonds. The summed E-state index contributed by atoms with van der Waals surface area (Å²) in [4.78, 5) is 23.0. The van der Waals surface area contributed by atoms with Crippen LogP contribution in [0.15, 0.2) is 53.4 Å². The molecule has 8 nitrogen and oxygen atoms in total. The zero-order valence-corrected chi connectivity index (χ0v) is 17.4. The largest absolute Gasteiger partial charge is 0.490 e. The zero-order chi connectivity index (χ0) is 21.4. The molecule has 2 aromatic rings. The van der Waals surface area contributed by atoms with Gasteiger partial charge >= 0.3 is 5.97 Å². The molecule has 2 aromatic carbocycles. The Morgan fingerprint density at radius 3 is 2.21 bits per heavy atom. The van der Waals surface area contributed by atoms with Crippen LogP contribution in [0.1, 0.15) is 12.5 Å². The second-order valence-corrected chi connectivity index (χ2v) is 8.39. The van der Waals surface area contributed by atoms with Gasteiger partial charge in [0, 0.05) is 19.7 Å². The van der Waals surface area contributed by atoms with Crippen LogP contribution in [0.5, 0.6) is 5.75 Å². The van der Waals surface area contributed by atoms with Gasteiger partial charge in [0.1, 0.15) is 25.5 Å². The molecule has 1 N–H and O–H groups in total. The first-order valence-electron chi connectivity index (χ1n) is 8.87. The number of rotatable bonds is 9. The normalized spacial score (nSPS) is 11.2. The molecule has 0 aliphatic carbocycles. The molecule has 0 aliphatic rings. The standard InChI is InChI=1S/C20H24N2O6S/c1-15-4-8-18(9-5-15)27-12-13-28-20(24)14-22(3)29(25,26)19-10-6-17(7-11-19)21-16(2)23/h4-11H,12-14H2,1-3H3,(H,21,23). The van der Waals surface area contributed by atoms with Gasteiger partial charge in [0.2, 0.25) is 15.9 Å². The lowest BCUT2D eigenvalue weighted by molar-refractivity contribution is -0.144. The van der Waals surface area contributed by atoms with Crippen LogP contribution in [0, 0.1) is 6.92 Å². The lowest BCUT2D eigenvalue weighted by Crippen LogP contribution is -2.33. The minimum absolute atomic E-state index is 0.00427. The second kappa shape index (κ2) is 10.0. The smallest absolute Gasteiger partial charge is 0.321 e. The van der Waals surface area contributed by atoms with Gasteiger partial charge in [-0.15, -0.1) is 0 Å². The first kappa shape index (κ1) is 22.4. The van der Waals surface area contributed by atoms with Gasteiger partial charge in [0.25, 0.3) is 0 Å². The Labute approximate surface area is 170 Å². The van der Waals surface area contributed by atoms with Crippen molar-refractivity contribution in [1.82, 2.24) is 4.31 Å². The average molecular weight is 420 g/mol. The molecule has 0 unspecified atom stereocenters. The number of hydrogen-bond acceptors (Lipinski definition) is 6. The molecule has 0 fully saturated rings. The van der Waals surface area contributed by atoms with Crippen molar-refractivity contribution in [3.05, 3.63) is 54.1 Å². The molecule has 0 spiro atoms. The number of esters is 1. The summed E-state index contributed by atoms with van der Waals surface area (Å²) >= 11 is 0. The number of benzene rings is 2. The van der Waals surface area contributed by atoms with E-state index in [4.69, 9.17) is 9.47 Å². The van der Waals surface area contributed by atoms with E-state index in [1.807, 2.05) is 31.2 Å². The second-order valence-electron chi connectivity index (χ2n) is 6.35. The van der Waals surface area contributed by atoms with Gasteiger partial charge < -0.3 is 14.8 Å². The van der Waals surface area contributed by atoms with Gasteiger partial charge in [-0.3, -0.25) is 9.59 Å². The summed E-state index contributed by atoms with van der Waals surface area (Å²) < 4.78 is 36.5. The molecular formula is C20H24N2O6S. The Bertz CT molecular complexity index is 940. The van der Waals surface area contributed by atoms with E-state index < -0.39 is 22.5 Å². The Kier molecular flexibility index (Phi) is 7.74. The molecule has 0 aliphatic heterocycles. The minimum atomic E-state index is -3.87. The molecule has 0 saturated carbocycles. The van der Waals surface area contributed by atoms with Crippen LogP contribution in [0.4, 0.5) is 5.69 Å². The summed E-state index contributed by atoms with van der Waals surface area (Å²) in [5.74, 6) is -0.278. The number of anilines is 1. The Hall–Kier alpha value is -2.91. The molecule has 0 atom stereocenters. The fourth-order valence-electron chi connectivity index (χ4n) is 2.36. The number of likely N-dealkylation sites (N-methyl/N-ethyl adjacent to an activating group) is 1. The highest BCUT2D eigenvalue weighted by atomic mass is 32.2. The van der Waals surface area contributed by atoms with Crippen molar-refractivity contribution in [2.45, 2.75) is 18.7 Å². The number of carbonyl (C=O) groups excluding carboxylic acids is 2. The van der Waals surface area contributed by atoms with Crippen LogP contribution in [-0.2, 0) is 24.3 Å². The lowest BCUT2D eigenvalue weighted by atomic mass is 10.2. The van der Waals surface area contributed by atoms with E-state index in [-0.39, 0.29) is 24.0 Å². The molecule has 0 heterocycles. The molecule has 2 rings (SSSR count). The zero-order valence-electron chi connectivity index (χ0n) is 16.5. The summed E-state index contributed by atoms with van der Waals surface area (Å²) in [6.45, 7) is 3.06. The molecule has 0 radical (unpaired) electrons. The summed E-state index contributed by atoms with van der Waals surface area (Å²) in [5.41, 5.74) is 1.59. The predicted molar refractivity (Wildman–Crippen MR) is 108 cm³/mol. The van der Waals surface area contributed by atoms with Crippen molar-refractivity contribution < 1.29 is 27.5 Å². The van der Waals surface area contributed by atoms with E-state index >= 15 is 0 Å². The van der Waals surface area contributed by atoms with Gasteiger partial charge in [-0.25, -0.2) is 8.42 Å². The van der Waals surface area contributed by atoms with E-state index in [1.54, 1.807) is 0 Å². The van der Waals surface area contributed by atoms with E-state index in [1.165, 1.54) is 38.2 Å². The number of ether oxygens (including phenoxy) is 2. The number of nitrogens with one attached hydrogen (secondary N) is 1. The Balaban J connectivity index is 1.82. The van der Waals surface area contributed by atoms with E-state index in [0.29, 0.717) is 11.4 Å². The Morgan fingerprint density at radius 2 is 1.62 bits per heavy atom. The van der Waals surface area contributed by atoms with Gasteiger partial charge in [-0.1, -0.05) is 17.7 Å². The maximum Gasteiger partial charge on any atom is 0.321 e. The van der Waals surface area contributed by atoms with Crippen LogP contribution in [0.2, 0.25) is 0 Å². The summed E-state index contributed by atoms with van der Waals surface area (Å²) in [5, 5.41) is 2.55. The number of aryl methyl sites for hydroxylation is 1. The van der Waals surface area contributed by atoms with Crippen molar-refractivity contribution >= 4 is 27.6 Å². The van der Waals surface area contributed by atoms with E-state index in [0.717, 1.165) is 9.87 Å². The van der Waals surface area contributed by atoms with E-state index in [9.17, 15) is 18.0 Å². The van der Waals surface area contributed by atoms with Crippen molar-refractivity contribution in [1.29, 1.82) is 0 Å². The third kappa shape index (κ3) is 6.88. The van der Waals surface area contributed by atoms with Crippen molar-refractivity contribution in [2.24, 2.45) is 0 Å². The molecule has 156 valence electrons. The fourth-order valence-corrected chi connectivity index (χ4v) is 3.47. The maximum absolute atomic E-state index is 12.5. The van der Waals surface area contributed by atoms with Crippen molar-refractivity contribution in [2.75, 3.05) is 32.1 Å². The molecule has 0 bridgehead atoms. The fraction of sp³-hybridized carbons (Fsp3) is 0.300. The predicted octanol–water partition coefficient (Wildman–Crippen LogP) is 2.20. The summed E-state index contributed by atoms with van der Waals surface area (Å²) in [7, 11) is -2.58. The maximum atomic E-state index is 12.5. The molecule has 0 saturated heterocycles.